The summed E-state index contributed by atoms with van der Waals surface area (Å²) in [6.07, 6.45) is 4.95. The van der Waals surface area contributed by atoms with Crippen LogP contribution in [0, 0.1) is 5.92 Å². The number of nitrogens with one attached hydrogen (secondary N) is 1. The van der Waals surface area contributed by atoms with Crippen LogP contribution < -0.4 is 5.32 Å². The summed E-state index contributed by atoms with van der Waals surface area (Å²) in [7, 11) is 0. The normalized spacial score (nSPS) is 31.6. The van der Waals surface area contributed by atoms with Crippen molar-refractivity contribution in [1.82, 2.24) is 10.2 Å². The SMILES string of the molecule is C=C1NC(=C)N(C2CCC(C)C2)C=C1F. The Morgan fingerprint density at radius 3 is 2.80 bits per heavy atom. The number of allylic oxidation sites excluding steroid dienone is 1. The van der Waals surface area contributed by atoms with Crippen LogP contribution in [0.4, 0.5) is 4.39 Å². The highest BCUT2D eigenvalue weighted by atomic mass is 19.1. The van der Waals surface area contributed by atoms with E-state index in [-0.39, 0.29) is 5.83 Å². The van der Waals surface area contributed by atoms with Crippen molar-refractivity contribution < 1.29 is 4.39 Å². The van der Waals surface area contributed by atoms with Crippen molar-refractivity contribution in [1.29, 1.82) is 0 Å². The van der Waals surface area contributed by atoms with Gasteiger partial charge in [-0.3, -0.25) is 0 Å². The molecule has 1 N–H and O–H groups in total. The molecule has 0 bridgehead atoms. The van der Waals surface area contributed by atoms with Crippen molar-refractivity contribution in [2.45, 2.75) is 32.2 Å². The van der Waals surface area contributed by atoms with E-state index in [1.807, 2.05) is 4.90 Å². The van der Waals surface area contributed by atoms with Gasteiger partial charge in [-0.1, -0.05) is 20.1 Å². The zero-order chi connectivity index (χ0) is 11.0. The Balaban J connectivity index is 2.15. The molecule has 0 aromatic carbocycles. The van der Waals surface area contributed by atoms with Gasteiger partial charge in [-0.25, -0.2) is 4.39 Å². The van der Waals surface area contributed by atoms with Crippen molar-refractivity contribution in [3.05, 3.63) is 36.7 Å². The van der Waals surface area contributed by atoms with E-state index in [0.29, 0.717) is 11.7 Å². The average molecular weight is 208 g/mol. The Morgan fingerprint density at radius 2 is 2.20 bits per heavy atom. The van der Waals surface area contributed by atoms with Crippen LogP contribution in [-0.4, -0.2) is 10.9 Å². The highest BCUT2D eigenvalue weighted by Gasteiger charge is 2.29. The fourth-order valence-corrected chi connectivity index (χ4v) is 2.33. The first-order chi connectivity index (χ1) is 7.08. The molecular formula is C12H17FN2. The molecule has 82 valence electrons. The Morgan fingerprint density at radius 1 is 1.47 bits per heavy atom. The Hall–Kier alpha value is -1.25. The van der Waals surface area contributed by atoms with E-state index in [0.717, 1.165) is 24.6 Å². The summed E-state index contributed by atoms with van der Waals surface area (Å²) in [5.41, 5.74) is 0.308. The minimum absolute atomic E-state index is 0.290. The molecule has 3 heteroatoms. The predicted molar refractivity (Wildman–Crippen MR) is 59.2 cm³/mol. The first-order valence-electron chi connectivity index (χ1n) is 5.39. The lowest BCUT2D eigenvalue weighted by Crippen LogP contribution is -2.37. The molecule has 0 aromatic rings. The fraction of sp³-hybridized carbons (Fsp3) is 0.500. The van der Waals surface area contributed by atoms with Crippen molar-refractivity contribution in [3.63, 3.8) is 0 Å². The van der Waals surface area contributed by atoms with Gasteiger partial charge < -0.3 is 10.2 Å². The maximum Gasteiger partial charge on any atom is 0.162 e. The van der Waals surface area contributed by atoms with E-state index in [9.17, 15) is 4.39 Å². The molecule has 1 aliphatic heterocycles. The van der Waals surface area contributed by atoms with Gasteiger partial charge in [0.15, 0.2) is 5.83 Å². The zero-order valence-electron chi connectivity index (χ0n) is 9.09. The van der Waals surface area contributed by atoms with Crippen LogP contribution in [0.3, 0.4) is 0 Å². The van der Waals surface area contributed by atoms with E-state index >= 15 is 0 Å². The monoisotopic (exact) mass is 208 g/mol. The van der Waals surface area contributed by atoms with Gasteiger partial charge in [0.1, 0.15) is 5.82 Å². The number of nitrogens with zero attached hydrogens (tertiary/aromatic N) is 1. The van der Waals surface area contributed by atoms with E-state index in [4.69, 9.17) is 0 Å². The van der Waals surface area contributed by atoms with Crippen LogP contribution in [0.25, 0.3) is 0 Å². The number of rotatable bonds is 1. The third-order valence-corrected chi connectivity index (χ3v) is 3.21. The Labute approximate surface area is 90.1 Å². The number of hydrogen-bond donors (Lipinski definition) is 1. The second-order valence-electron chi connectivity index (χ2n) is 4.51. The van der Waals surface area contributed by atoms with Gasteiger partial charge >= 0.3 is 0 Å². The predicted octanol–water partition coefficient (Wildman–Crippen LogP) is 2.88. The molecule has 1 fully saturated rings. The molecule has 2 rings (SSSR count). The summed E-state index contributed by atoms with van der Waals surface area (Å²) in [6, 6.07) is 0.388. The summed E-state index contributed by atoms with van der Waals surface area (Å²) >= 11 is 0. The van der Waals surface area contributed by atoms with Gasteiger partial charge in [-0.05, 0) is 25.2 Å². The third kappa shape index (κ3) is 1.91. The van der Waals surface area contributed by atoms with Crippen LogP contribution >= 0.6 is 0 Å². The lowest BCUT2D eigenvalue weighted by Gasteiger charge is -2.33. The standard InChI is InChI=1S/C12H17FN2/c1-8-4-5-11(6-8)15-7-12(13)9(2)14-10(15)3/h7-8,11,14H,2-6H2,1H3. The molecule has 1 heterocycles. The summed E-state index contributed by atoms with van der Waals surface area (Å²) in [5.74, 6) is 1.17. The molecule has 0 radical (unpaired) electrons. The van der Waals surface area contributed by atoms with Gasteiger partial charge in [0.2, 0.25) is 0 Å². The lowest BCUT2D eigenvalue weighted by atomic mass is 10.1. The minimum atomic E-state index is -0.290. The molecule has 1 aliphatic carbocycles. The van der Waals surface area contributed by atoms with Crippen LogP contribution in [0.5, 0.6) is 0 Å². The maximum atomic E-state index is 13.4. The smallest absolute Gasteiger partial charge is 0.162 e. The van der Waals surface area contributed by atoms with Crippen molar-refractivity contribution in [2.24, 2.45) is 5.92 Å². The first kappa shape index (κ1) is 10.3. The minimum Gasteiger partial charge on any atom is -0.340 e. The molecular weight excluding hydrogens is 191 g/mol. The molecule has 2 aliphatic rings. The van der Waals surface area contributed by atoms with Crippen LogP contribution in [0.2, 0.25) is 0 Å². The van der Waals surface area contributed by atoms with Crippen molar-refractivity contribution >= 4 is 0 Å². The third-order valence-electron chi connectivity index (χ3n) is 3.21. The molecule has 2 nitrogen and oxygen atoms in total. The molecule has 0 amide bonds. The van der Waals surface area contributed by atoms with Gasteiger partial charge in [0, 0.05) is 12.2 Å². The summed E-state index contributed by atoms with van der Waals surface area (Å²) < 4.78 is 13.4. The largest absolute Gasteiger partial charge is 0.340 e. The molecule has 15 heavy (non-hydrogen) atoms. The average Bonchev–Trinajstić information content (AvgIpc) is 2.58. The van der Waals surface area contributed by atoms with Gasteiger partial charge in [0.25, 0.3) is 0 Å². The van der Waals surface area contributed by atoms with E-state index in [2.05, 4.69) is 25.4 Å². The molecule has 2 unspecified atom stereocenters. The van der Waals surface area contributed by atoms with Crippen LogP contribution in [0.15, 0.2) is 36.7 Å². The van der Waals surface area contributed by atoms with E-state index in [1.165, 1.54) is 12.6 Å². The molecule has 0 saturated heterocycles. The quantitative estimate of drug-likeness (QED) is 0.712. The fourth-order valence-electron chi connectivity index (χ4n) is 2.33. The van der Waals surface area contributed by atoms with Crippen molar-refractivity contribution in [2.75, 3.05) is 0 Å². The molecule has 2 atom stereocenters. The first-order valence-corrected chi connectivity index (χ1v) is 5.39. The van der Waals surface area contributed by atoms with Crippen LogP contribution in [0.1, 0.15) is 26.2 Å². The van der Waals surface area contributed by atoms with Gasteiger partial charge in [0.05, 0.1) is 5.70 Å². The second-order valence-corrected chi connectivity index (χ2v) is 4.51. The lowest BCUT2D eigenvalue weighted by molar-refractivity contribution is 0.302. The number of hydrogen-bond acceptors (Lipinski definition) is 2. The number of halogens is 1. The highest BCUT2D eigenvalue weighted by molar-refractivity contribution is 5.29. The Kier molecular flexibility index (Phi) is 2.55. The van der Waals surface area contributed by atoms with E-state index < -0.39 is 0 Å². The van der Waals surface area contributed by atoms with Crippen LogP contribution in [-0.2, 0) is 0 Å². The topological polar surface area (TPSA) is 15.3 Å². The molecule has 0 aromatic heterocycles. The van der Waals surface area contributed by atoms with Gasteiger partial charge in [-0.2, -0.15) is 0 Å². The molecule has 1 saturated carbocycles. The summed E-state index contributed by atoms with van der Waals surface area (Å²) in [4.78, 5) is 1.91. The highest BCUT2D eigenvalue weighted by Crippen LogP contribution is 2.32. The summed E-state index contributed by atoms with van der Waals surface area (Å²) in [6.45, 7) is 9.71. The molecule has 0 spiro atoms. The second kappa shape index (κ2) is 3.72. The van der Waals surface area contributed by atoms with E-state index in [1.54, 1.807) is 0 Å². The zero-order valence-corrected chi connectivity index (χ0v) is 9.09. The summed E-state index contributed by atoms with van der Waals surface area (Å²) in [5, 5.41) is 2.86. The van der Waals surface area contributed by atoms with Gasteiger partial charge in [-0.15, -0.1) is 0 Å². The van der Waals surface area contributed by atoms with Crippen molar-refractivity contribution in [3.8, 4) is 0 Å². The maximum absolute atomic E-state index is 13.4. The Bertz CT molecular complexity index is 333.